The van der Waals surface area contributed by atoms with Crippen LogP contribution in [0.1, 0.15) is 25.0 Å². The van der Waals surface area contributed by atoms with Gasteiger partial charge in [0.25, 0.3) is 0 Å². The van der Waals surface area contributed by atoms with Crippen LogP contribution in [-0.4, -0.2) is 42.3 Å². The lowest BCUT2D eigenvalue weighted by molar-refractivity contribution is -0.146. The molecule has 0 aromatic heterocycles. The second-order valence-corrected chi connectivity index (χ2v) is 6.18. The number of hydrogen-bond donors (Lipinski definition) is 1. The Bertz CT molecular complexity index is 510. The third kappa shape index (κ3) is 4.25. The summed E-state index contributed by atoms with van der Waals surface area (Å²) >= 11 is 0. The van der Waals surface area contributed by atoms with E-state index in [0.717, 1.165) is 13.1 Å². The predicted octanol–water partition coefficient (Wildman–Crippen LogP) is 2.31. The lowest BCUT2D eigenvalue weighted by Crippen LogP contribution is -2.35. The quantitative estimate of drug-likeness (QED) is 0.905. The van der Waals surface area contributed by atoms with Gasteiger partial charge in [0, 0.05) is 25.2 Å². The van der Waals surface area contributed by atoms with E-state index in [0.29, 0.717) is 37.3 Å². The van der Waals surface area contributed by atoms with E-state index in [2.05, 4.69) is 4.90 Å². The molecule has 1 fully saturated rings. The van der Waals surface area contributed by atoms with E-state index in [9.17, 15) is 9.18 Å². The van der Waals surface area contributed by atoms with Crippen molar-refractivity contribution in [1.29, 1.82) is 0 Å². The minimum Gasteiger partial charge on any atom is -0.481 e. The average molecular weight is 295 g/mol. The number of benzene rings is 1. The predicted molar refractivity (Wildman–Crippen MR) is 77.6 cm³/mol. The summed E-state index contributed by atoms with van der Waals surface area (Å²) in [4.78, 5) is 13.3. The highest BCUT2D eigenvalue weighted by atomic mass is 19.1. The van der Waals surface area contributed by atoms with Gasteiger partial charge in [-0.2, -0.15) is 0 Å². The van der Waals surface area contributed by atoms with Gasteiger partial charge in [0.1, 0.15) is 5.82 Å². The van der Waals surface area contributed by atoms with Crippen molar-refractivity contribution in [3.8, 4) is 0 Å². The minimum absolute atomic E-state index is 0.264. The zero-order chi connectivity index (χ0) is 15.5. The first-order valence-corrected chi connectivity index (χ1v) is 7.19. The number of carboxylic acid groups (broad SMARTS) is 1. The molecule has 1 saturated heterocycles. The molecule has 4 nitrogen and oxygen atoms in total. The molecule has 0 amide bonds. The maximum atomic E-state index is 14.2. The number of halogens is 1. The van der Waals surface area contributed by atoms with Gasteiger partial charge >= 0.3 is 5.97 Å². The number of aliphatic carboxylic acids is 1. The Kier molecular flexibility index (Phi) is 4.96. The Hall–Kier alpha value is -1.46. The molecule has 1 aromatic rings. The number of carboxylic acids is 1. The summed E-state index contributed by atoms with van der Waals surface area (Å²) in [6.45, 7) is 6.86. The summed E-state index contributed by atoms with van der Waals surface area (Å²) in [6, 6.07) is 5.04. The molecule has 0 radical (unpaired) electrons. The number of carbonyl (C=O) groups is 1. The van der Waals surface area contributed by atoms with Crippen LogP contribution in [-0.2, 0) is 22.5 Å². The van der Waals surface area contributed by atoms with Gasteiger partial charge in [-0.05, 0) is 31.9 Å². The van der Waals surface area contributed by atoms with Crippen molar-refractivity contribution < 1.29 is 19.0 Å². The summed E-state index contributed by atoms with van der Waals surface area (Å²) in [5.74, 6) is -1.14. The normalized spacial score (nSPS) is 16.9. The Morgan fingerprint density at radius 3 is 2.62 bits per heavy atom. The maximum absolute atomic E-state index is 14.2. The fourth-order valence-corrected chi connectivity index (χ4v) is 2.42. The summed E-state index contributed by atoms with van der Waals surface area (Å²) in [7, 11) is 0. The van der Waals surface area contributed by atoms with Gasteiger partial charge in [-0.15, -0.1) is 0 Å². The van der Waals surface area contributed by atoms with Crippen LogP contribution in [0.15, 0.2) is 18.2 Å². The Morgan fingerprint density at radius 1 is 1.38 bits per heavy atom. The van der Waals surface area contributed by atoms with Crippen LogP contribution in [0.25, 0.3) is 0 Å². The molecule has 5 heteroatoms. The van der Waals surface area contributed by atoms with E-state index in [4.69, 9.17) is 9.84 Å². The molecule has 0 unspecified atom stereocenters. The van der Waals surface area contributed by atoms with E-state index < -0.39 is 11.4 Å². The molecule has 1 aliphatic rings. The molecule has 0 aliphatic carbocycles. The van der Waals surface area contributed by atoms with Crippen LogP contribution in [0.3, 0.4) is 0 Å². The largest absolute Gasteiger partial charge is 0.481 e. The van der Waals surface area contributed by atoms with Gasteiger partial charge in [0.05, 0.1) is 18.6 Å². The molecule has 1 aliphatic heterocycles. The number of nitrogens with zero attached hydrogens (tertiary/aromatic N) is 1. The van der Waals surface area contributed by atoms with Gasteiger partial charge in [0.15, 0.2) is 0 Å². The molecule has 1 heterocycles. The molecule has 116 valence electrons. The smallest absolute Gasteiger partial charge is 0.309 e. The summed E-state index contributed by atoms with van der Waals surface area (Å²) in [5.41, 5.74) is 0.470. The first-order chi connectivity index (χ1) is 9.88. The Labute approximate surface area is 124 Å². The van der Waals surface area contributed by atoms with Gasteiger partial charge in [-0.1, -0.05) is 12.1 Å². The van der Waals surface area contributed by atoms with Crippen molar-refractivity contribution in [2.45, 2.75) is 26.8 Å². The standard InChI is InChI=1S/C16H22FNO3/c1-16(2,15(19)20)10-12-3-4-13(14(17)9-12)11-18-5-7-21-8-6-18/h3-4,9H,5-8,10-11H2,1-2H3,(H,19,20). The lowest BCUT2D eigenvalue weighted by Gasteiger charge is -2.27. The van der Waals surface area contributed by atoms with E-state index in [-0.39, 0.29) is 5.82 Å². The third-order valence-electron chi connectivity index (χ3n) is 3.84. The molecule has 1 N–H and O–H groups in total. The highest BCUT2D eigenvalue weighted by Gasteiger charge is 2.27. The van der Waals surface area contributed by atoms with Gasteiger partial charge in [-0.3, -0.25) is 9.69 Å². The molecular weight excluding hydrogens is 273 g/mol. The van der Waals surface area contributed by atoms with Crippen molar-refractivity contribution in [2.75, 3.05) is 26.3 Å². The molecule has 0 spiro atoms. The fourth-order valence-electron chi connectivity index (χ4n) is 2.42. The van der Waals surface area contributed by atoms with Crippen LogP contribution in [0, 0.1) is 11.2 Å². The van der Waals surface area contributed by atoms with Crippen LogP contribution in [0.5, 0.6) is 0 Å². The second-order valence-electron chi connectivity index (χ2n) is 6.18. The van der Waals surface area contributed by atoms with E-state index in [1.807, 2.05) is 6.07 Å². The Balaban J connectivity index is 2.05. The van der Waals surface area contributed by atoms with Crippen LogP contribution in [0.2, 0.25) is 0 Å². The van der Waals surface area contributed by atoms with Crippen molar-refractivity contribution in [3.05, 3.63) is 35.1 Å². The molecule has 21 heavy (non-hydrogen) atoms. The van der Waals surface area contributed by atoms with E-state index >= 15 is 0 Å². The summed E-state index contributed by atoms with van der Waals surface area (Å²) < 4.78 is 19.4. The molecule has 1 aromatic carbocycles. The van der Waals surface area contributed by atoms with Crippen molar-refractivity contribution in [2.24, 2.45) is 5.41 Å². The van der Waals surface area contributed by atoms with Crippen molar-refractivity contribution in [1.82, 2.24) is 4.90 Å². The monoisotopic (exact) mass is 295 g/mol. The van der Waals surface area contributed by atoms with Crippen LogP contribution < -0.4 is 0 Å². The molecule has 0 saturated carbocycles. The molecule has 0 bridgehead atoms. The summed E-state index contributed by atoms with van der Waals surface area (Å²) in [6.07, 6.45) is 0.317. The SMILES string of the molecule is CC(C)(Cc1ccc(CN2CCOCC2)c(F)c1)C(=O)O. The summed E-state index contributed by atoms with van der Waals surface area (Å²) in [5, 5.41) is 9.13. The molecular formula is C16H22FNO3. The van der Waals surface area contributed by atoms with E-state index in [1.165, 1.54) is 6.07 Å². The van der Waals surface area contributed by atoms with Gasteiger partial charge < -0.3 is 9.84 Å². The maximum Gasteiger partial charge on any atom is 0.309 e. The van der Waals surface area contributed by atoms with Crippen molar-refractivity contribution >= 4 is 5.97 Å². The Morgan fingerprint density at radius 2 is 2.05 bits per heavy atom. The van der Waals surface area contributed by atoms with Gasteiger partial charge in [-0.25, -0.2) is 4.39 Å². The third-order valence-corrected chi connectivity index (χ3v) is 3.84. The van der Waals surface area contributed by atoms with E-state index in [1.54, 1.807) is 19.9 Å². The number of morpholine rings is 1. The molecule has 0 atom stereocenters. The minimum atomic E-state index is -0.891. The fraction of sp³-hybridized carbons (Fsp3) is 0.562. The first-order valence-electron chi connectivity index (χ1n) is 7.19. The second kappa shape index (κ2) is 6.54. The number of ether oxygens (including phenoxy) is 1. The van der Waals surface area contributed by atoms with Crippen LogP contribution >= 0.6 is 0 Å². The van der Waals surface area contributed by atoms with Crippen LogP contribution in [0.4, 0.5) is 4.39 Å². The number of hydrogen-bond acceptors (Lipinski definition) is 3. The topological polar surface area (TPSA) is 49.8 Å². The average Bonchev–Trinajstić information content (AvgIpc) is 2.42. The lowest BCUT2D eigenvalue weighted by atomic mass is 9.85. The highest BCUT2D eigenvalue weighted by molar-refractivity contribution is 5.74. The van der Waals surface area contributed by atoms with Gasteiger partial charge in [0.2, 0.25) is 0 Å². The van der Waals surface area contributed by atoms with Crippen molar-refractivity contribution in [3.63, 3.8) is 0 Å². The number of rotatable bonds is 5. The first kappa shape index (κ1) is 15.9. The zero-order valence-electron chi connectivity index (χ0n) is 12.6. The molecule has 2 rings (SSSR count). The highest BCUT2D eigenvalue weighted by Crippen LogP contribution is 2.23. The zero-order valence-corrected chi connectivity index (χ0v) is 12.6.